The lowest BCUT2D eigenvalue weighted by Crippen LogP contribution is -2.01. The molecule has 0 saturated heterocycles. The molecule has 1 saturated carbocycles. The molecule has 0 radical (unpaired) electrons. The Kier molecular flexibility index (Phi) is 5.34. The van der Waals surface area contributed by atoms with Gasteiger partial charge in [-0.3, -0.25) is 0 Å². The average Bonchev–Trinajstić information content (AvgIpc) is 3.14. The predicted molar refractivity (Wildman–Crippen MR) is 83.8 cm³/mol. The van der Waals surface area contributed by atoms with Gasteiger partial charge in [0.2, 0.25) is 0 Å². The first-order valence-corrected chi connectivity index (χ1v) is 7.83. The molecular weight excluding hydrogens is 267 g/mol. The lowest BCUT2D eigenvalue weighted by molar-refractivity contribution is 0.497. The Labute approximate surface area is 125 Å². The highest BCUT2D eigenvalue weighted by Gasteiger charge is 2.16. The molecule has 0 amide bonds. The zero-order chi connectivity index (χ0) is 15.4. The molecule has 1 heterocycles. The molecule has 1 fully saturated rings. The van der Waals surface area contributed by atoms with Gasteiger partial charge in [-0.15, -0.1) is 0 Å². The molecule has 0 bridgehead atoms. The Bertz CT molecular complexity index is 593. The summed E-state index contributed by atoms with van der Waals surface area (Å²) < 4.78 is 19.3. The van der Waals surface area contributed by atoms with E-state index in [0.717, 1.165) is 0 Å². The molecule has 3 rings (SSSR count). The number of aryl methyl sites for hydroxylation is 1. The van der Waals surface area contributed by atoms with Gasteiger partial charge in [-0.25, -0.2) is 9.37 Å². The molecule has 0 atom stereocenters. The van der Waals surface area contributed by atoms with Gasteiger partial charge in [-0.2, -0.15) is 0 Å². The molecule has 0 spiro atoms. The molecule has 116 valence electrons. The van der Waals surface area contributed by atoms with Crippen LogP contribution in [0.1, 0.15) is 68.9 Å². The van der Waals surface area contributed by atoms with Gasteiger partial charge in [0.15, 0.2) is 11.5 Å². The second-order valence-corrected chi connectivity index (χ2v) is 6.00. The standard InChI is InChI=1S/C12H15FN2O.C5H10/c1-6(2)12-15-9-4-8(5-14)10(13)7(3)11(9)16-12;1-2-4-5-3-1/h4,6H,5,14H2,1-3H3;1-5H2. The number of benzene rings is 1. The van der Waals surface area contributed by atoms with E-state index in [9.17, 15) is 4.39 Å². The molecule has 1 aromatic carbocycles. The number of oxazole rings is 1. The molecule has 21 heavy (non-hydrogen) atoms. The van der Waals surface area contributed by atoms with Crippen LogP contribution in [0.25, 0.3) is 11.1 Å². The van der Waals surface area contributed by atoms with Crippen LogP contribution in [0.2, 0.25) is 0 Å². The first-order chi connectivity index (χ1) is 10.0. The summed E-state index contributed by atoms with van der Waals surface area (Å²) in [6.07, 6.45) is 7.50. The van der Waals surface area contributed by atoms with Gasteiger partial charge in [-0.1, -0.05) is 46.0 Å². The van der Waals surface area contributed by atoms with Crippen molar-refractivity contribution in [3.8, 4) is 0 Å². The van der Waals surface area contributed by atoms with Crippen molar-refractivity contribution in [1.82, 2.24) is 4.98 Å². The van der Waals surface area contributed by atoms with Crippen LogP contribution in [0.15, 0.2) is 10.5 Å². The second kappa shape index (κ2) is 7.03. The normalized spacial score (nSPS) is 14.6. The number of halogens is 1. The molecule has 0 aliphatic heterocycles. The molecule has 3 nitrogen and oxygen atoms in total. The SMILES string of the molecule is C1CCCC1.Cc1c(F)c(CN)cc2nc(C(C)C)oc12. The summed E-state index contributed by atoms with van der Waals surface area (Å²) in [6, 6.07) is 1.66. The first-order valence-electron chi connectivity index (χ1n) is 7.83. The van der Waals surface area contributed by atoms with Crippen LogP contribution in [0, 0.1) is 12.7 Å². The molecular formula is C17H25FN2O. The van der Waals surface area contributed by atoms with E-state index < -0.39 is 0 Å². The number of aromatic nitrogens is 1. The monoisotopic (exact) mass is 292 g/mol. The van der Waals surface area contributed by atoms with E-state index in [1.54, 1.807) is 13.0 Å². The molecule has 2 aromatic rings. The molecule has 2 N–H and O–H groups in total. The summed E-state index contributed by atoms with van der Waals surface area (Å²) in [5, 5.41) is 0. The third-order valence-electron chi connectivity index (χ3n) is 3.90. The van der Waals surface area contributed by atoms with E-state index in [0.29, 0.717) is 28.1 Å². The minimum Gasteiger partial charge on any atom is -0.440 e. The van der Waals surface area contributed by atoms with Crippen LogP contribution < -0.4 is 5.73 Å². The van der Waals surface area contributed by atoms with Crippen LogP contribution in [-0.4, -0.2) is 4.98 Å². The van der Waals surface area contributed by atoms with Gasteiger partial charge in [-0.05, 0) is 13.0 Å². The van der Waals surface area contributed by atoms with E-state index in [4.69, 9.17) is 10.2 Å². The maximum atomic E-state index is 13.8. The molecule has 1 aliphatic carbocycles. The third kappa shape index (κ3) is 3.62. The quantitative estimate of drug-likeness (QED) is 0.864. The number of hydrogen-bond donors (Lipinski definition) is 1. The van der Waals surface area contributed by atoms with Gasteiger partial charge >= 0.3 is 0 Å². The van der Waals surface area contributed by atoms with Crippen molar-refractivity contribution in [1.29, 1.82) is 0 Å². The minimum absolute atomic E-state index is 0.173. The summed E-state index contributed by atoms with van der Waals surface area (Å²) >= 11 is 0. The summed E-state index contributed by atoms with van der Waals surface area (Å²) in [7, 11) is 0. The predicted octanol–water partition coefficient (Wildman–Crippen LogP) is 4.81. The molecule has 4 heteroatoms. The van der Waals surface area contributed by atoms with Crippen molar-refractivity contribution in [2.75, 3.05) is 0 Å². The first kappa shape index (κ1) is 16.0. The van der Waals surface area contributed by atoms with E-state index in [1.807, 2.05) is 13.8 Å². The van der Waals surface area contributed by atoms with Crippen molar-refractivity contribution in [2.24, 2.45) is 5.73 Å². The Morgan fingerprint density at radius 2 is 1.81 bits per heavy atom. The van der Waals surface area contributed by atoms with Crippen LogP contribution in [-0.2, 0) is 6.54 Å². The summed E-state index contributed by atoms with van der Waals surface area (Å²) in [5.41, 5.74) is 7.65. The fourth-order valence-electron chi connectivity index (χ4n) is 2.56. The summed E-state index contributed by atoms with van der Waals surface area (Å²) in [4.78, 5) is 4.33. The van der Waals surface area contributed by atoms with Crippen LogP contribution >= 0.6 is 0 Å². The number of rotatable bonds is 2. The summed E-state index contributed by atoms with van der Waals surface area (Å²) in [5.74, 6) is 0.532. The largest absolute Gasteiger partial charge is 0.440 e. The fourth-order valence-corrected chi connectivity index (χ4v) is 2.56. The molecule has 1 aromatic heterocycles. The summed E-state index contributed by atoms with van der Waals surface area (Å²) in [6.45, 7) is 5.83. The van der Waals surface area contributed by atoms with E-state index in [2.05, 4.69) is 4.98 Å². The van der Waals surface area contributed by atoms with Crippen molar-refractivity contribution >= 4 is 11.1 Å². The molecule has 1 aliphatic rings. The smallest absolute Gasteiger partial charge is 0.198 e. The van der Waals surface area contributed by atoms with Crippen molar-refractivity contribution in [3.05, 3.63) is 28.9 Å². The number of nitrogens with two attached hydrogens (primary N) is 1. The van der Waals surface area contributed by atoms with Gasteiger partial charge in [0.25, 0.3) is 0 Å². The van der Waals surface area contributed by atoms with Gasteiger partial charge in [0, 0.05) is 23.6 Å². The lowest BCUT2D eigenvalue weighted by Gasteiger charge is -2.02. The second-order valence-electron chi connectivity index (χ2n) is 6.00. The maximum absolute atomic E-state index is 13.8. The Morgan fingerprint density at radius 3 is 2.29 bits per heavy atom. The van der Waals surface area contributed by atoms with Crippen LogP contribution in [0.5, 0.6) is 0 Å². The Hall–Kier alpha value is -1.42. The zero-order valence-electron chi connectivity index (χ0n) is 13.2. The van der Waals surface area contributed by atoms with Gasteiger partial charge in [0.05, 0.1) is 0 Å². The van der Waals surface area contributed by atoms with Crippen molar-refractivity contribution in [3.63, 3.8) is 0 Å². The highest BCUT2D eigenvalue weighted by atomic mass is 19.1. The van der Waals surface area contributed by atoms with Crippen molar-refractivity contribution < 1.29 is 8.81 Å². The average molecular weight is 292 g/mol. The fraction of sp³-hybridized carbons (Fsp3) is 0.588. The van der Waals surface area contributed by atoms with E-state index in [1.165, 1.54) is 32.1 Å². The highest BCUT2D eigenvalue weighted by molar-refractivity contribution is 5.77. The minimum atomic E-state index is -0.290. The molecule has 0 unspecified atom stereocenters. The number of nitrogens with zero attached hydrogens (tertiary/aromatic N) is 1. The number of fused-ring (bicyclic) bond motifs is 1. The zero-order valence-corrected chi connectivity index (χ0v) is 13.2. The highest BCUT2D eigenvalue weighted by Crippen LogP contribution is 2.27. The van der Waals surface area contributed by atoms with E-state index in [-0.39, 0.29) is 18.3 Å². The number of hydrogen-bond acceptors (Lipinski definition) is 3. The van der Waals surface area contributed by atoms with Crippen LogP contribution in [0.4, 0.5) is 4.39 Å². The maximum Gasteiger partial charge on any atom is 0.198 e. The van der Waals surface area contributed by atoms with Gasteiger partial charge < -0.3 is 10.2 Å². The third-order valence-corrected chi connectivity index (χ3v) is 3.90. The van der Waals surface area contributed by atoms with E-state index >= 15 is 0 Å². The Morgan fingerprint density at radius 1 is 1.24 bits per heavy atom. The lowest BCUT2D eigenvalue weighted by atomic mass is 10.1. The van der Waals surface area contributed by atoms with Crippen molar-refractivity contribution in [2.45, 2.75) is 65.3 Å². The van der Waals surface area contributed by atoms with Crippen LogP contribution in [0.3, 0.4) is 0 Å². The van der Waals surface area contributed by atoms with Gasteiger partial charge in [0.1, 0.15) is 11.3 Å². The Balaban J connectivity index is 0.000000272. The topological polar surface area (TPSA) is 52.0 Å².